The Morgan fingerprint density at radius 3 is 2.74 bits per heavy atom. The van der Waals surface area contributed by atoms with Gasteiger partial charge in [0.25, 0.3) is 5.56 Å². The Morgan fingerprint density at radius 1 is 1.08 bits per heavy atom. The Morgan fingerprint density at radius 2 is 1.95 bits per heavy atom. The second-order valence-electron chi connectivity index (χ2n) is 9.47. The lowest BCUT2D eigenvalue weighted by Crippen LogP contribution is -2.39. The molecule has 5 aromatic rings. The van der Waals surface area contributed by atoms with E-state index >= 15 is 0 Å². The highest BCUT2D eigenvalue weighted by Gasteiger charge is 2.27. The van der Waals surface area contributed by atoms with Crippen LogP contribution in [0.25, 0.3) is 32.9 Å². The largest absolute Gasteiger partial charge is 0.492 e. The second kappa shape index (κ2) is 10.3. The van der Waals surface area contributed by atoms with Crippen molar-refractivity contribution in [3.05, 3.63) is 94.9 Å². The van der Waals surface area contributed by atoms with E-state index in [1.807, 2.05) is 49.5 Å². The molecular weight excluding hydrogens is 480 g/mol. The Labute approximate surface area is 219 Å². The molecule has 8 nitrogen and oxygen atoms in total. The first-order chi connectivity index (χ1) is 18.6. The quantitative estimate of drug-likeness (QED) is 0.341. The molecule has 1 N–H and O–H groups in total. The predicted molar refractivity (Wildman–Crippen MR) is 145 cm³/mol. The van der Waals surface area contributed by atoms with Crippen LogP contribution >= 0.6 is 0 Å². The van der Waals surface area contributed by atoms with Gasteiger partial charge in [-0.1, -0.05) is 30.3 Å². The van der Waals surface area contributed by atoms with Gasteiger partial charge in [0.2, 0.25) is 0 Å². The zero-order valence-corrected chi connectivity index (χ0v) is 21.1. The van der Waals surface area contributed by atoms with Crippen molar-refractivity contribution in [2.45, 2.75) is 31.9 Å². The number of ether oxygens (including phenoxy) is 2. The van der Waals surface area contributed by atoms with Gasteiger partial charge in [0, 0.05) is 30.0 Å². The van der Waals surface area contributed by atoms with E-state index in [1.165, 1.54) is 0 Å². The number of nitrogens with zero attached hydrogens (tertiary/aromatic N) is 4. The molecule has 0 radical (unpaired) electrons. The van der Waals surface area contributed by atoms with Gasteiger partial charge in [0.05, 0.1) is 54.5 Å². The first kappa shape index (κ1) is 24.2. The van der Waals surface area contributed by atoms with E-state index in [2.05, 4.69) is 22.1 Å². The highest BCUT2D eigenvalue weighted by molar-refractivity contribution is 6.06. The van der Waals surface area contributed by atoms with Crippen molar-refractivity contribution in [2.24, 2.45) is 0 Å². The van der Waals surface area contributed by atoms with Crippen molar-refractivity contribution in [3.63, 3.8) is 0 Å². The van der Waals surface area contributed by atoms with Gasteiger partial charge < -0.3 is 14.6 Å². The van der Waals surface area contributed by atoms with Gasteiger partial charge in [0.15, 0.2) is 0 Å². The number of benzene rings is 2. The third-order valence-corrected chi connectivity index (χ3v) is 7.11. The summed E-state index contributed by atoms with van der Waals surface area (Å²) in [6, 6.07) is 15.5. The molecule has 8 heteroatoms. The number of rotatable bonds is 6. The van der Waals surface area contributed by atoms with Gasteiger partial charge >= 0.3 is 0 Å². The summed E-state index contributed by atoms with van der Waals surface area (Å²) in [5.74, 6) is 0.703. The van der Waals surface area contributed by atoms with Crippen molar-refractivity contribution in [1.29, 1.82) is 0 Å². The monoisotopic (exact) mass is 508 g/mol. The molecular formula is C30H28N4O4. The Hall–Kier alpha value is -4.14. The van der Waals surface area contributed by atoms with Gasteiger partial charge in [-0.3, -0.25) is 19.3 Å². The fourth-order valence-corrected chi connectivity index (χ4v) is 5.24. The fraction of sp³-hybridized carbons (Fsp3) is 0.267. The topological polar surface area (TPSA) is 99.4 Å². The van der Waals surface area contributed by atoms with Crippen LogP contribution in [0.5, 0.6) is 5.75 Å². The molecule has 1 fully saturated rings. The third kappa shape index (κ3) is 4.42. The zero-order chi connectivity index (χ0) is 26.1. The predicted octanol–water partition coefficient (Wildman–Crippen LogP) is 4.32. The maximum Gasteiger partial charge on any atom is 0.261 e. The van der Waals surface area contributed by atoms with Crippen LogP contribution in [0.3, 0.4) is 0 Å². The summed E-state index contributed by atoms with van der Waals surface area (Å²) in [5, 5.41) is 13.0. The summed E-state index contributed by atoms with van der Waals surface area (Å²) in [5.41, 5.74) is 4.26. The maximum atomic E-state index is 13.7. The number of aromatic nitrogens is 4. The van der Waals surface area contributed by atoms with Gasteiger partial charge in [0.1, 0.15) is 5.75 Å². The molecule has 6 rings (SSSR count). The summed E-state index contributed by atoms with van der Waals surface area (Å²) < 4.78 is 12.6. The molecule has 38 heavy (non-hydrogen) atoms. The molecule has 0 bridgehead atoms. The zero-order valence-electron chi connectivity index (χ0n) is 21.1. The molecule has 0 spiro atoms. The lowest BCUT2D eigenvalue weighted by molar-refractivity contribution is -0.0395. The molecule has 3 aromatic heterocycles. The van der Waals surface area contributed by atoms with E-state index < -0.39 is 6.10 Å². The molecule has 1 aliphatic rings. The molecule has 0 aliphatic carbocycles. The minimum Gasteiger partial charge on any atom is -0.492 e. The Kier molecular flexibility index (Phi) is 6.57. The van der Waals surface area contributed by atoms with Crippen molar-refractivity contribution in [2.75, 3.05) is 19.8 Å². The van der Waals surface area contributed by atoms with E-state index in [0.29, 0.717) is 42.7 Å². The minimum absolute atomic E-state index is 0.150. The summed E-state index contributed by atoms with van der Waals surface area (Å²) in [7, 11) is 0. The van der Waals surface area contributed by atoms with Crippen LogP contribution in [0.2, 0.25) is 0 Å². The lowest BCUT2D eigenvalue weighted by atomic mass is 9.96. The normalized spacial score (nSPS) is 17.6. The van der Waals surface area contributed by atoms with Gasteiger partial charge in [-0.05, 0) is 54.5 Å². The number of aliphatic hydroxyl groups excluding tert-OH is 1. The van der Waals surface area contributed by atoms with Crippen LogP contribution in [0.4, 0.5) is 0 Å². The number of fused-ring (bicyclic) bond motifs is 3. The second-order valence-corrected chi connectivity index (χ2v) is 9.47. The average molecular weight is 509 g/mol. The lowest BCUT2D eigenvalue weighted by Gasteiger charge is -2.29. The highest BCUT2D eigenvalue weighted by Crippen LogP contribution is 2.30. The van der Waals surface area contributed by atoms with Crippen LogP contribution in [0.15, 0.2) is 78.2 Å². The van der Waals surface area contributed by atoms with Crippen molar-refractivity contribution in [3.8, 4) is 17.0 Å². The van der Waals surface area contributed by atoms with Gasteiger partial charge in [-0.2, -0.15) is 0 Å². The van der Waals surface area contributed by atoms with Crippen LogP contribution in [-0.4, -0.2) is 50.6 Å². The molecule has 0 saturated carbocycles. The fourth-order valence-electron chi connectivity index (χ4n) is 5.24. The van der Waals surface area contributed by atoms with Crippen molar-refractivity contribution >= 4 is 21.7 Å². The average Bonchev–Trinajstić information content (AvgIpc) is 2.95. The molecule has 2 aromatic carbocycles. The van der Waals surface area contributed by atoms with Gasteiger partial charge in [-0.15, -0.1) is 0 Å². The summed E-state index contributed by atoms with van der Waals surface area (Å²) >= 11 is 0. The molecule has 0 amide bonds. The maximum absolute atomic E-state index is 13.7. The van der Waals surface area contributed by atoms with E-state index in [1.54, 1.807) is 23.3 Å². The van der Waals surface area contributed by atoms with Crippen LogP contribution in [-0.2, 0) is 11.2 Å². The van der Waals surface area contributed by atoms with E-state index in [-0.39, 0.29) is 18.2 Å². The van der Waals surface area contributed by atoms with Crippen LogP contribution in [0.1, 0.15) is 30.5 Å². The molecule has 1 aliphatic heterocycles. The summed E-state index contributed by atoms with van der Waals surface area (Å²) in [6.07, 6.45) is 7.29. The van der Waals surface area contributed by atoms with Crippen molar-refractivity contribution in [1.82, 2.24) is 19.5 Å². The molecule has 0 unspecified atom stereocenters. The Bertz CT molecular complexity index is 1670. The van der Waals surface area contributed by atoms with Crippen LogP contribution in [0, 0.1) is 0 Å². The number of hydrogen-bond donors (Lipinski definition) is 1. The number of aliphatic hydroxyl groups is 1. The van der Waals surface area contributed by atoms with E-state index in [0.717, 1.165) is 33.2 Å². The van der Waals surface area contributed by atoms with Crippen molar-refractivity contribution < 1.29 is 14.6 Å². The molecule has 1 saturated heterocycles. The third-order valence-electron chi connectivity index (χ3n) is 7.11. The molecule has 4 heterocycles. The minimum atomic E-state index is -0.742. The number of hydrogen-bond acceptors (Lipinski definition) is 7. The standard InChI is InChI=1S/C30H28N4O4/c1-2-38-28-16-31-11-9-23(28)25-8-7-19(15-32-25)13-20-14-24-29(22-6-4-3-5-21(20)22)33-18-34(30(24)36)26-10-12-37-17-27(26)35/h3-9,11,14-16,18,26-27,35H,2,10,12-13,17H2,1H3/t26-,27-/m0/s1. The van der Waals surface area contributed by atoms with Gasteiger partial charge in [-0.25, -0.2) is 4.98 Å². The molecule has 2 atom stereocenters. The van der Waals surface area contributed by atoms with E-state index in [4.69, 9.17) is 14.5 Å². The summed E-state index contributed by atoms with van der Waals surface area (Å²) in [4.78, 5) is 27.2. The Balaban J connectivity index is 1.40. The summed E-state index contributed by atoms with van der Waals surface area (Å²) in [6.45, 7) is 3.21. The van der Waals surface area contributed by atoms with Crippen LogP contribution < -0.4 is 10.3 Å². The SMILES string of the molecule is CCOc1cnccc1-c1ccc(Cc2cc3c(=O)n([C@H]4CCOC[C@@H]4O)cnc3c3ccccc23)cn1. The highest BCUT2D eigenvalue weighted by atomic mass is 16.5. The smallest absolute Gasteiger partial charge is 0.261 e. The number of pyridine rings is 2. The first-order valence-corrected chi connectivity index (χ1v) is 12.8. The first-order valence-electron chi connectivity index (χ1n) is 12.8. The van der Waals surface area contributed by atoms with E-state index in [9.17, 15) is 9.90 Å². The molecule has 192 valence electrons.